The van der Waals surface area contributed by atoms with Gasteiger partial charge in [0.15, 0.2) is 5.65 Å². The highest BCUT2D eigenvalue weighted by molar-refractivity contribution is 6.30. The molecule has 5 aromatic rings. The molecule has 0 unspecified atom stereocenters. The Kier molecular flexibility index (Phi) is 7.31. The molecule has 13 heteroatoms. The van der Waals surface area contributed by atoms with Crippen molar-refractivity contribution in [3.63, 3.8) is 0 Å². The van der Waals surface area contributed by atoms with Crippen molar-refractivity contribution in [2.45, 2.75) is 44.7 Å². The molecule has 0 aliphatic heterocycles. The quantitative estimate of drug-likeness (QED) is 0.298. The summed E-state index contributed by atoms with van der Waals surface area (Å²) in [5.41, 5.74) is 1.82. The lowest BCUT2D eigenvalue weighted by Crippen LogP contribution is -2.39. The highest BCUT2D eigenvalue weighted by Gasteiger charge is 2.27. The molecule has 6 rings (SSSR count). The minimum absolute atomic E-state index is 0.119. The van der Waals surface area contributed by atoms with Gasteiger partial charge in [-0.1, -0.05) is 16.8 Å². The third-order valence-electron chi connectivity index (χ3n) is 7.45. The van der Waals surface area contributed by atoms with Gasteiger partial charge in [-0.25, -0.2) is 27.8 Å². The number of aromatic nitrogens is 7. The van der Waals surface area contributed by atoms with Crippen molar-refractivity contribution in [2.75, 3.05) is 0 Å². The van der Waals surface area contributed by atoms with Crippen LogP contribution in [-0.4, -0.2) is 46.0 Å². The summed E-state index contributed by atoms with van der Waals surface area (Å²) < 4.78 is 31.7. The van der Waals surface area contributed by atoms with E-state index in [-0.39, 0.29) is 28.2 Å². The molecule has 1 aliphatic rings. The Hall–Kier alpha value is -4.45. The van der Waals surface area contributed by atoms with Crippen molar-refractivity contribution in [3.8, 4) is 11.4 Å². The average Bonchev–Trinajstić information content (AvgIpc) is 3.61. The van der Waals surface area contributed by atoms with Crippen molar-refractivity contribution in [2.24, 2.45) is 5.92 Å². The highest BCUT2D eigenvalue weighted by atomic mass is 35.5. The fraction of sp³-hybridized carbons (Fsp3) is 0.286. The Morgan fingerprint density at radius 3 is 2.51 bits per heavy atom. The van der Waals surface area contributed by atoms with Gasteiger partial charge in [-0.3, -0.25) is 14.3 Å². The van der Waals surface area contributed by atoms with Crippen LogP contribution in [0.2, 0.25) is 5.02 Å². The van der Waals surface area contributed by atoms with Gasteiger partial charge in [-0.05, 0) is 74.1 Å². The van der Waals surface area contributed by atoms with Crippen molar-refractivity contribution in [3.05, 3.63) is 94.0 Å². The standard InChI is InChI=1S/C28H25ClF2N8O2/c29-18-14-22(24(25(30)31)33-15-18)27(40)35-19-5-3-17(4-6-19)16-37-23-2-1-11-32-26(23)39(28(37)41)21-9-7-20(8-10-21)38-13-12-34-36-38/h1-2,7-15,17,19,25H,3-6,16H2,(H,35,40). The van der Waals surface area contributed by atoms with E-state index >= 15 is 0 Å². The van der Waals surface area contributed by atoms with E-state index in [1.165, 1.54) is 6.07 Å². The first-order valence-corrected chi connectivity index (χ1v) is 13.5. The van der Waals surface area contributed by atoms with Gasteiger partial charge >= 0.3 is 5.69 Å². The lowest BCUT2D eigenvalue weighted by molar-refractivity contribution is 0.0904. The predicted molar refractivity (Wildman–Crippen MR) is 148 cm³/mol. The molecular formula is C28H25ClF2N8O2. The van der Waals surface area contributed by atoms with Gasteiger partial charge in [0.2, 0.25) is 0 Å². The molecule has 1 saturated carbocycles. The van der Waals surface area contributed by atoms with Gasteiger partial charge in [-0.2, -0.15) is 0 Å². The summed E-state index contributed by atoms with van der Waals surface area (Å²) in [6, 6.07) is 12.2. The fourth-order valence-electron chi connectivity index (χ4n) is 5.41. The van der Waals surface area contributed by atoms with Gasteiger partial charge in [0.25, 0.3) is 12.3 Å². The number of nitrogens with one attached hydrogen (secondary N) is 1. The number of hydrogen-bond donors (Lipinski definition) is 1. The zero-order valence-corrected chi connectivity index (χ0v) is 22.5. The van der Waals surface area contributed by atoms with Crippen LogP contribution in [-0.2, 0) is 6.54 Å². The third-order valence-corrected chi connectivity index (χ3v) is 7.65. The number of hydrogen-bond acceptors (Lipinski definition) is 6. The topological polar surface area (TPSA) is 113 Å². The number of imidazole rings is 1. The number of nitrogens with zero attached hydrogens (tertiary/aromatic N) is 7. The van der Waals surface area contributed by atoms with Crippen LogP contribution < -0.4 is 11.0 Å². The Balaban J connectivity index is 1.17. The van der Waals surface area contributed by atoms with E-state index < -0.39 is 18.0 Å². The third kappa shape index (κ3) is 5.34. The number of fused-ring (bicyclic) bond motifs is 1. The van der Waals surface area contributed by atoms with Crippen LogP contribution >= 0.6 is 11.6 Å². The summed E-state index contributed by atoms with van der Waals surface area (Å²) >= 11 is 5.90. The van der Waals surface area contributed by atoms with Crippen LogP contribution in [0.1, 0.15) is 48.2 Å². The molecule has 0 saturated heterocycles. The van der Waals surface area contributed by atoms with Gasteiger partial charge in [-0.15, -0.1) is 5.10 Å². The number of carbonyl (C=O) groups is 1. The van der Waals surface area contributed by atoms with E-state index in [9.17, 15) is 18.4 Å². The smallest absolute Gasteiger partial charge is 0.334 e. The van der Waals surface area contributed by atoms with Gasteiger partial charge in [0.1, 0.15) is 5.69 Å². The van der Waals surface area contributed by atoms with Crippen molar-refractivity contribution < 1.29 is 13.6 Å². The fourth-order valence-corrected chi connectivity index (χ4v) is 5.57. The summed E-state index contributed by atoms with van der Waals surface area (Å²) in [7, 11) is 0. The first kappa shape index (κ1) is 26.8. The van der Waals surface area contributed by atoms with E-state index in [0.717, 1.165) is 30.2 Å². The highest BCUT2D eigenvalue weighted by Crippen LogP contribution is 2.28. The monoisotopic (exact) mass is 578 g/mol. The average molecular weight is 579 g/mol. The van der Waals surface area contributed by atoms with Crippen molar-refractivity contribution in [1.29, 1.82) is 0 Å². The lowest BCUT2D eigenvalue weighted by atomic mass is 9.85. The summed E-state index contributed by atoms with van der Waals surface area (Å²) in [5.74, 6) is -0.418. The largest absolute Gasteiger partial charge is 0.349 e. The number of carbonyl (C=O) groups excluding carboxylic acids is 1. The minimum Gasteiger partial charge on any atom is -0.349 e. The van der Waals surface area contributed by atoms with E-state index in [1.54, 1.807) is 38.5 Å². The summed E-state index contributed by atoms with van der Waals surface area (Å²) in [6.07, 6.45) is 6.04. The predicted octanol–water partition coefficient (Wildman–Crippen LogP) is 4.74. The van der Waals surface area contributed by atoms with E-state index in [1.807, 2.05) is 30.3 Å². The van der Waals surface area contributed by atoms with Crippen molar-refractivity contribution in [1.82, 2.24) is 39.4 Å². The first-order valence-electron chi connectivity index (χ1n) is 13.2. The number of pyridine rings is 2. The molecule has 0 atom stereocenters. The van der Waals surface area contributed by atoms with Gasteiger partial charge < -0.3 is 5.32 Å². The SMILES string of the molecule is O=C(NC1CCC(Cn2c(=O)n(-c3ccc(-n4ccnn4)cc3)c3ncccc32)CC1)c1cc(Cl)cnc1C(F)F. The van der Waals surface area contributed by atoms with Crippen LogP contribution in [0.25, 0.3) is 22.5 Å². The molecule has 210 valence electrons. The van der Waals surface area contributed by atoms with Crippen LogP contribution in [0.5, 0.6) is 0 Å². The van der Waals surface area contributed by atoms with Gasteiger partial charge in [0, 0.05) is 25.0 Å². The maximum absolute atomic E-state index is 13.7. The molecule has 0 spiro atoms. The van der Waals surface area contributed by atoms with Crippen LogP contribution in [0.15, 0.2) is 72.0 Å². The molecule has 4 aromatic heterocycles. The van der Waals surface area contributed by atoms with E-state index in [2.05, 4.69) is 25.6 Å². The maximum Gasteiger partial charge on any atom is 0.334 e. The molecule has 4 heterocycles. The first-order chi connectivity index (χ1) is 19.9. The van der Waals surface area contributed by atoms with Crippen LogP contribution in [0, 0.1) is 5.92 Å². The molecule has 0 radical (unpaired) electrons. The Morgan fingerprint density at radius 2 is 1.80 bits per heavy atom. The Labute approximate surface area is 237 Å². The van der Waals surface area contributed by atoms with E-state index in [0.29, 0.717) is 30.7 Å². The molecule has 1 aliphatic carbocycles. The lowest BCUT2D eigenvalue weighted by Gasteiger charge is -2.29. The number of benzene rings is 1. The maximum atomic E-state index is 13.7. The molecule has 41 heavy (non-hydrogen) atoms. The molecule has 1 amide bonds. The molecule has 0 bridgehead atoms. The summed E-state index contributed by atoms with van der Waals surface area (Å²) in [5, 5.41) is 10.8. The van der Waals surface area contributed by atoms with Crippen LogP contribution in [0.3, 0.4) is 0 Å². The van der Waals surface area contributed by atoms with Crippen LogP contribution in [0.4, 0.5) is 8.78 Å². The summed E-state index contributed by atoms with van der Waals surface area (Å²) in [6.45, 7) is 0.499. The second-order valence-electron chi connectivity index (χ2n) is 10.0. The Morgan fingerprint density at radius 1 is 1.05 bits per heavy atom. The Bertz CT molecular complexity index is 1740. The molecular weight excluding hydrogens is 554 g/mol. The second kappa shape index (κ2) is 11.2. The molecule has 1 N–H and O–H groups in total. The molecule has 10 nitrogen and oxygen atoms in total. The van der Waals surface area contributed by atoms with E-state index in [4.69, 9.17) is 11.6 Å². The zero-order valence-electron chi connectivity index (χ0n) is 21.7. The number of alkyl halides is 2. The zero-order chi connectivity index (χ0) is 28.5. The number of amides is 1. The second-order valence-corrected chi connectivity index (χ2v) is 10.5. The molecule has 1 aromatic carbocycles. The van der Waals surface area contributed by atoms with Crippen molar-refractivity contribution >= 4 is 28.7 Å². The number of rotatable bonds is 7. The minimum atomic E-state index is -2.88. The van der Waals surface area contributed by atoms with Gasteiger partial charge in [0.05, 0.1) is 39.9 Å². The molecule has 1 fully saturated rings. The normalized spacial score (nSPS) is 17.3. The number of halogens is 3. The summed E-state index contributed by atoms with van der Waals surface area (Å²) in [4.78, 5) is 34.6.